The molecule has 0 saturated carbocycles. The summed E-state index contributed by atoms with van der Waals surface area (Å²) in [5, 5.41) is 3.14. The third-order valence-corrected chi connectivity index (χ3v) is 3.22. The number of carbonyl (C=O) groups excluding carboxylic acids is 1. The molecule has 19 heavy (non-hydrogen) atoms. The monoisotopic (exact) mass is 262 g/mol. The number of benzene rings is 1. The summed E-state index contributed by atoms with van der Waals surface area (Å²) in [4.78, 5) is 12.0. The van der Waals surface area contributed by atoms with E-state index >= 15 is 0 Å². The van der Waals surface area contributed by atoms with Crippen molar-refractivity contribution in [1.82, 2.24) is 5.32 Å². The van der Waals surface area contributed by atoms with Gasteiger partial charge in [-0.2, -0.15) is 0 Å². The molecule has 1 unspecified atom stereocenters. The SMILES string of the molecule is CCCCC(CCC)NC(=O)Cc1cccc(N)c1. The Bertz CT molecular complexity index is 390. The topological polar surface area (TPSA) is 55.1 Å². The fraction of sp³-hybridized carbons (Fsp3) is 0.562. The quantitative estimate of drug-likeness (QED) is 0.706. The maximum atomic E-state index is 12.0. The zero-order chi connectivity index (χ0) is 14.1. The molecule has 0 aliphatic rings. The molecule has 0 bridgehead atoms. The van der Waals surface area contributed by atoms with Gasteiger partial charge in [0.15, 0.2) is 0 Å². The molecule has 3 heteroatoms. The molecular weight excluding hydrogens is 236 g/mol. The van der Waals surface area contributed by atoms with Crippen LogP contribution < -0.4 is 11.1 Å². The van der Waals surface area contributed by atoms with Crippen LogP contribution in [0.15, 0.2) is 24.3 Å². The second-order valence-corrected chi connectivity index (χ2v) is 5.12. The van der Waals surface area contributed by atoms with E-state index in [2.05, 4.69) is 19.2 Å². The molecule has 3 N–H and O–H groups in total. The number of unbranched alkanes of at least 4 members (excludes halogenated alkanes) is 1. The van der Waals surface area contributed by atoms with E-state index in [0.29, 0.717) is 18.2 Å². The number of anilines is 1. The summed E-state index contributed by atoms with van der Waals surface area (Å²) in [5.74, 6) is 0.0974. The van der Waals surface area contributed by atoms with Crippen LogP contribution in [0.4, 0.5) is 5.69 Å². The standard InChI is InChI=1S/C16H26N2O/c1-3-5-10-15(7-4-2)18-16(19)12-13-8-6-9-14(17)11-13/h6,8-9,11,15H,3-5,7,10,12,17H2,1-2H3,(H,18,19). The van der Waals surface area contributed by atoms with Crippen molar-refractivity contribution < 1.29 is 4.79 Å². The van der Waals surface area contributed by atoms with Crippen LogP contribution in [0.5, 0.6) is 0 Å². The Kier molecular flexibility index (Phi) is 7.01. The number of carbonyl (C=O) groups is 1. The summed E-state index contributed by atoms with van der Waals surface area (Å²) in [5.41, 5.74) is 7.40. The molecule has 1 rings (SSSR count). The van der Waals surface area contributed by atoms with Crippen LogP contribution in [-0.4, -0.2) is 11.9 Å². The van der Waals surface area contributed by atoms with Crippen LogP contribution in [0.2, 0.25) is 0 Å². The molecule has 106 valence electrons. The number of hydrogen-bond acceptors (Lipinski definition) is 2. The van der Waals surface area contributed by atoms with E-state index in [1.807, 2.05) is 24.3 Å². The summed E-state index contributed by atoms with van der Waals surface area (Å²) in [6.07, 6.45) is 5.99. The van der Waals surface area contributed by atoms with E-state index < -0.39 is 0 Å². The Balaban J connectivity index is 2.47. The average molecular weight is 262 g/mol. The molecule has 1 aromatic rings. The highest BCUT2D eigenvalue weighted by Gasteiger charge is 2.11. The van der Waals surface area contributed by atoms with Crippen LogP contribution >= 0.6 is 0 Å². The Morgan fingerprint density at radius 1 is 1.26 bits per heavy atom. The first-order valence-corrected chi connectivity index (χ1v) is 7.29. The van der Waals surface area contributed by atoms with Gasteiger partial charge in [0.2, 0.25) is 5.91 Å². The largest absolute Gasteiger partial charge is 0.399 e. The first-order chi connectivity index (χ1) is 9.15. The lowest BCUT2D eigenvalue weighted by Gasteiger charge is -2.18. The lowest BCUT2D eigenvalue weighted by molar-refractivity contribution is -0.121. The Hall–Kier alpha value is -1.51. The average Bonchev–Trinajstić information content (AvgIpc) is 2.36. The summed E-state index contributed by atoms with van der Waals surface area (Å²) in [6.45, 7) is 4.33. The zero-order valence-corrected chi connectivity index (χ0v) is 12.1. The van der Waals surface area contributed by atoms with Gasteiger partial charge in [-0.25, -0.2) is 0 Å². The number of nitrogens with one attached hydrogen (secondary N) is 1. The number of hydrogen-bond donors (Lipinski definition) is 2. The van der Waals surface area contributed by atoms with Gasteiger partial charge in [0.25, 0.3) is 0 Å². The first kappa shape index (κ1) is 15.5. The lowest BCUT2D eigenvalue weighted by Crippen LogP contribution is -2.35. The molecule has 0 aliphatic carbocycles. The molecule has 0 aromatic heterocycles. The molecule has 1 atom stereocenters. The smallest absolute Gasteiger partial charge is 0.224 e. The highest BCUT2D eigenvalue weighted by molar-refractivity contribution is 5.79. The van der Waals surface area contributed by atoms with Gasteiger partial charge in [0, 0.05) is 11.7 Å². The number of nitrogens with two attached hydrogens (primary N) is 1. The second kappa shape index (κ2) is 8.57. The van der Waals surface area contributed by atoms with Crippen LogP contribution in [-0.2, 0) is 11.2 Å². The van der Waals surface area contributed by atoms with Gasteiger partial charge in [-0.3, -0.25) is 4.79 Å². The van der Waals surface area contributed by atoms with Gasteiger partial charge in [0.05, 0.1) is 6.42 Å². The highest BCUT2D eigenvalue weighted by Crippen LogP contribution is 2.09. The van der Waals surface area contributed by atoms with Gasteiger partial charge in [0.1, 0.15) is 0 Å². The van der Waals surface area contributed by atoms with Crippen molar-refractivity contribution >= 4 is 11.6 Å². The Morgan fingerprint density at radius 2 is 2.05 bits per heavy atom. The summed E-state index contributed by atoms with van der Waals surface area (Å²) in [7, 11) is 0. The van der Waals surface area contributed by atoms with E-state index in [0.717, 1.165) is 24.8 Å². The summed E-state index contributed by atoms with van der Waals surface area (Å²) >= 11 is 0. The zero-order valence-electron chi connectivity index (χ0n) is 12.1. The van der Waals surface area contributed by atoms with Crippen molar-refractivity contribution in [3.63, 3.8) is 0 Å². The number of amides is 1. The van der Waals surface area contributed by atoms with Crippen molar-refractivity contribution in [1.29, 1.82) is 0 Å². The number of nitrogen functional groups attached to an aromatic ring is 1. The van der Waals surface area contributed by atoms with Crippen molar-refractivity contribution in [2.24, 2.45) is 0 Å². The van der Waals surface area contributed by atoms with Crippen molar-refractivity contribution in [3.05, 3.63) is 29.8 Å². The van der Waals surface area contributed by atoms with E-state index in [4.69, 9.17) is 5.73 Å². The Labute approximate surface area is 116 Å². The van der Waals surface area contributed by atoms with Crippen LogP contribution in [0.3, 0.4) is 0 Å². The molecule has 3 nitrogen and oxygen atoms in total. The van der Waals surface area contributed by atoms with E-state index in [9.17, 15) is 4.79 Å². The van der Waals surface area contributed by atoms with Crippen LogP contribution in [0, 0.1) is 0 Å². The molecule has 1 aromatic carbocycles. The fourth-order valence-corrected chi connectivity index (χ4v) is 2.25. The van der Waals surface area contributed by atoms with Gasteiger partial charge in [-0.05, 0) is 30.5 Å². The maximum Gasteiger partial charge on any atom is 0.224 e. The maximum absolute atomic E-state index is 12.0. The predicted molar refractivity (Wildman–Crippen MR) is 80.9 cm³/mol. The number of rotatable bonds is 8. The van der Waals surface area contributed by atoms with Crippen LogP contribution in [0.1, 0.15) is 51.5 Å². The lowest BCUT2D eigenvalue weighted by atomic mass is 10.0. The predicted octanol–water partition coefficient (Wildman–Crippen LogP) is 3.29. The molecule has 0 aliphatic heterocycles. The molecule has 0 spiro atoms. The molecule has 1 amide bonds. The molecule has 0 heterocycles. The molecular formula is C16H26N2O. The Morgan fingerprint density at radius 3 is 2.68 bits per heavy atom. The third kappa shape index (κ3) is 6.27. The minimum absolute atomic E-state index is 0.0974. The van der Waals surface area contributed by atoms with Crippen molar-refractivity contribution in [3.8, 4) is 0 Å². The summed E-state index contributed by atoms with van der Waals surface area (Å²) < 4.78 is 0. The minimum Gasteiger partial charge on any atom is -0.399 e. The summed E-state index contributed by atoms with van der Waals surface area (Å²) in [6, 6.07) is 7.84. The fourth-order valence-electron chi connectivity index (χ4n) is 2.25. The van der Waals surface area contributed by atoms with Gasteiger partial charge in [-0.1, -0.05) is 45.2 Å². The van der Waals surface area contributed by atoms with Crippen molar-refractivity contribution in [2.45, 2.75) is 58.4 Å². The molecule has 0 saturated heterocycles. The van der Waals surface area contributed by atoms with Crippen molar-refractivity contribution in [2.75, 3.05) is 5.73 Å². The first-order valence-electron chi connectivity index (χ1n) is 7.29. The molecule has 0 fully saturated rings. The van der Waals surface area contributed by atoms with Gasteiger partial charge < -0.3 is 11.1 Å². The molecule has 0 radical (unpaired) electrons. The van der Waals surface area contributed by atoms with Crippen LogP contribution in [0.25, 0.3) is 0 Å². The van der Waals surface area contributed by atoms with E-state index in [1.54, 1.807) is 0 Å². The van der Waals surface area contributed by atoms with Gasteiger partial charge in [-0.15, -0.1) is 0 Å². The van der Waals surface area contributed by atoms with E-state index in [-0.39, 0.29) is 5.91 Å². The second-order valence-electron chi connectivity index (χ2n) is 5.12. The van der Waals surface area contributed by atoms with E-state index in [1.165, 1.54) is 12.8 Å². The normalized spacial score (nSPS) is 12.1. The minimum atomic E-state index is 0.0974. The van der Waals surface area contributed by atoms with Gasteiger partial charge >= 0.3 is 0 Å². The highest BCUT2D eigenvalue weighted by atomic mass is 16.1. The third-order valence-electron chi connectivity index (χ3n) is 3.22.